The van der Waals surface area contributed by atoms with E-state index in [0.717, 1.165) is 42.1 Å². The van der Waals surface area contributed by atoms with Gasteiger partial charge in [-0.25, -0.2) is 4.98 Å². The Morgan fingerprint density at radius 3 is 2.52 bits per heavy atom. The first-order valence-electron chi connectivity index (χ1n) is 9.75. The van der Waals surface area contributed by atoms with Crippen molar-refractivity contribution < 1.29 is 0 Å². The van der Waals surface area contributed by atoms with Gasteiger partial charge in [-0.1, -0.05) is 12.1 Å². The number of hydrogen-bond acceptors (Lipinski definition) is 5. The number of hydrogen-bond donors (Lipinski definition) is 3. The Bertz CT molecular complexity index is 866. The molecule has 6 nitrogen and oxygen atoms in total. The van der Waals surface area contributed by atoms with Crippen molar-refractivity contribution in [3.8, 4) is 0 Å². The molecule has 1 fully saturated rings. The van der Waals surface area contributed by atoms with E-state index < -0.39 is 0 Å². The molecule has 1 saturated carbocycles. The van der Waals surface area contributed by atoms with Gasteiger partial charge in [-0.05, 0) is 49.9 Å². The molecule has 0 amide bonds. The molecule has 2 aromatic heterocycles. The van der Waals surface area contributed by atoms with E-state index in [2.05, 4.69) is 38.7 Å². The quantitative estimate of drug-likeness (QED) is 0.624. The zero-order chi connectivity index (χ0) is 18.6. The summed E-state index contributed by atoms with van der Waals surface area (Å²) in [4.78, 5) is 14.8. The Morgan fingerprint density at radius 1 is 1.00 bits per heavy atom. The van der Waals surface area contributed by atoms with Crippen molar-refractivity contribution >= 4 is 22.7 Å². The SMILES string of the molecule is CN(C)c1nc(NC2CCC(NCc3ccc[nH]3)CC2)nc2ccccc12. The molecule has 3 N–H and O–H groups in total. The molecule has 0 saturated heterocycles. The Balaban J connectivity index is 1.37. The summed E-state index contributed by atoms with van der Waals surface area (Å²) < 4.78 is 0. The average molecular weight is 364 g/mol. The highest BCUT2D eigenvalue weighted by Gasteiger charge is 2.22. The maximum absolute atomic E-state index is 4.77. The average Bonchev–Trinajstić information content (AvgIpc) is 3.20. The monoisotopic (exact) mass is 364 g/mol. The Hall–Kier alpha value is -2.60. The first-order chi connectivity index (χ1) is 13.2. The summed E-state index contributed by atoms with van der Waals surface area (Å²) in [5.74, 6) is 1.70. The molecule has 0 aliphatic heterocycles. The van der Waals surface area contributed by atoms with Crippen LogP contribution < -0.4 is 15.5 Å². The van der Waals surface area contributed by atoms with Gasteiger partial charge in [0.25, 0.3) is 0 Å². The second kappa shape index (κ2) is 7.96. The highest BCUT2D eigenvalue weighted by Crippen LogP contribution is 2.26. The van der Waals surface area contributed by atoms with Crippen molar-refractivity contribution in [2.24, 2.45) is 0 Å². The third-order valence-corrected chi connectivity index (χ3v) is 5.31. The highest BCUT2D eigenvalue weighted by molar-refractivity contribution is 5.90. The molecular weight excluding hydrogens is 336 g/mol. The molecule has 0 atom stereocenters. The maximum atomic E-state index is 4.77. The predicted molar refractivity (Wildman–Crippen MR) is 111 cm³/mol. The third-order valence-electron chi connectivity index (χ3n) is 5.31. The van der Waals surface area contributed by atoms with Crippen LogP contribution in [-0.4, -0.2) is 41.1 Å². The molecule has 1 aliphatic rings. The lowest BCUT2D eigenvalue weighted by Crippen LogP contribution is -2.37. The number of nitrogens with zero attached hydrogens (tertiary/aromatic N) is 3. The number of rotatable bonds is 6. The van der Waals surface area contributed by atoms with Crippen LogP contribution in [0.5, 0.6) is 0 Å². The Labute approximate surface area is 160 Å². The first kappa shape index (κ1) is 17.8. The summed E-state index contributed by atoms with van der Waals surface area (Å²) in [6.45, 7) is 0.912. The van der Waals surface area contributed by atoms with Gasteiger partial charge in [0, 0.05) is 50.0 Å². The standard InChI is InChI=1S/C21H28N6/c1-27(2)20-18-7-3-4-8-19(18)25-21(26-20)24-16-11-9-15(10-12-16)23-14-17-6-5-13-22-17/h3-8,13,15-16,22-23H,9-12,14H2,1-2H3,(H,24,25,26). The third kappa shape index (κ3) is 4.22. The summed E-state index contributed by atoms with van der Waals surface area (Å²) in [6.07, 6.45) is 6.59. The van der Waals surface area contributed by atoms with Crippen molar-refractivity contribution in [2.45, 2.75) is 44.3 Å². The number of aromatic amines is 1. The van der Waals surface area contributed by atoms with Crippen LogP contribution in [-0.2, 0) is 6.54 Å². The summed E-state index contributed by atoms with van der Waals surface area (Å²) in [5.41, 5.74) is 2.23. The molecule has 4 rings (SSSR count). The normalized spacial score (nSPS) is 19.9. The summed E-state index contributed by atoms with van der Waals surface area (Å²) in [7, 11) is 4.05. The lowest BCUT2D eigenvalue weighted by molar-refractivity contribution is 0.351. The fourth-order valence-electron chi connectivity index (χ4n) is 3.82. The minimum absolute atomic E-state index is 0.435. The molecule has 0 radical (unpaired) electrons. The van der Waals surface area contributed by atoms with Crippen LogP contribution in [0.2, 0.25) is 0 Å². The van der Waals surface area contributed by atoms with E-state index in [1.165, 1.54) is 18.5 Å². The lowest BCUT2D eigenvalue weighted by Gasteiger charge is -2.30. The number of nitrogens with one attached hydrogen (secondary N) is 3. The van der Waals surface area contributed by atoms with Gasteiger partial charge in [0.1, 0.15) is 5.82 Å². The minimum atomic E-state index is 0.435. The molecule has 2 heterocycles. The van der Waals surface area contributed by atoms with Gasteiger partial charge in [-0.3, -0.25) is 0 Å². The van der Waals surface area contributed by atoms with E-state index in [9.17, 15) is 0 Å². The number of para-hydroxylation sites is 1. The highest BCUT2D eigenvalue weighted by atomic mass is 15.2. The zero-order valence-corrected chi connectivity index (χ0v) is 16.1. The second-order valence-corrected chi connectivity index (χ2v) is 7.55. The maximum Gasteiger partial charge on any atom is 0.225 e. The topological polar surface area (TPSA) is 68.9 Å². The van der Waals surface area contributed by atoms with Gasteiger partial charge >= 0.3 is 0 Å². The first-order valence-corrected chi connectivity index (χ1v) is 9.75. The van der Waals surface area contributed by atoms with Crippen LogP contribution in [0.3, 0.4) is 0 Å². The van der Waals surface area contributed by atoms with E-state index in [1.54, 1.807) is 0 Å². The molecule has 0 spiro atoms. The summed E-state index contributed by atoms with van der Waals surface area (Å²) >= 11 is 0. The van der Waals surface area contributed by atoms with Crippen LogP contribution in [0.15, 0.2) is 42.6 Å². The molecule has 1 aliphatic carbocycles. The van der Waals surface area contributed by atoms with Crippen molar-refractivity contribution in [1.82, 2.24) is 20.3 Å². The smallest absolute Gasteiger partial charge is 0.225 e. The molecule has 142 valence electrons. The summed E-state index contributed by atoms with van der Waals surface area (Å²) in [5, 5.41) is 8.32. The molecular formula is C21H28N6. The van der Waals surface area contributed by atoms with Crippen LogP contribution >= 0.6 is 0 Å². The number of aromatic nitrogens is 3. The number of benzene rings is 1. The fourth-order valence-corrected chi connectivity index (χ4v) is 3.82. The van der Waals surface area contributed by atoms with E-state index >= 15 is 0 Å². The van der Waals surface area contributed by atoms with Crippen molar-refractivity contribution in [3.63, 3.8) is 0 Å². The molecule has 0 bridgehead atoms. The van der Waals surface area contributed by atoms with Gasteiger partial charge in [0.15, 0.2) is 0 Å². The van der Waals surface area contributed by atoms with E-state index in [1.807, 2.05) is 38.5 Å². The molecule has 3 aromatic rings. The van der Waals surface area contributed by atoms with E-state index in [0.29, 0.717) is 12.1 Å². The van der Waals surface area contributed by atoms with Gasteiger partial charge in [0.2, 0.25) is 5.95 Å². The van der Waals surface area contributed by atoms with Gasteiger partial charge in [0.05, 0.1) is 5.52 Å². The van der Waals surface area contributed by atoms with Crippen LogP contribution in [0.4, 0.5) is 11.8 Å². The number of H-pyrrole nitrogens is 1. The zero-order valence-electron chi connectivity index (χ0n) is 16.1. The van der Waals surface area contributed by atoms with E-state index in [-0.39, 0.29) is 0 Å². The Morgan fingerprint density at radius 2 is 1.78 bits per heavy atom. The summed E-state index contributed by atoms with van der Waals surface area (Å²) in [6, 6.07) is 13.4. The number of fused-ring (bicyclic) bond motifs is 1. The number of anilines is 2. The lowest BCUT2D eigenvalue weighted by atomic mass is 9.91. The van der Waals surface area contributed by atoms with Gasteiger partial charge in [-0.15, -0.1) is 0 Å². The minimum Gasteiger partial charge on any atom is -0.364 e. The van der Waals surface area contributed by atoms with Crippen molar-refractivity contribution in [1.29, 1.82) is 0 Å². The molecule has 0 unspecified atom stereocenters. The van der Waals surface area contributed by atoms with Crippen LogP contribution in [0.25, 0.3) is 10.9 Å². The van der Waals surface area contributed by atoms with Gasteiger partial charge < -0.3 is 20.5 Å². The van der Waals surface area contributed by atoms with Gasteiger partial charge in [-0.2, -0.15) is 4.98 Å². The van der Waals surface area contributed by atoms with Crippen LogP contribution in [0, 0.1) is 0 Å². The predicted octanol–water partition coefficient (Wildman–Crippen LogP) is 3.54. The molecule has 6 heteroatoms. The fraction of sp³-hybridized carbons (Fsp3) is 0.429. The Kier molecular flexibility index (Phi) is 5.25. The van der Waals surface area contributed by atoms with E-state index in [4.69, 9.17) is 9.97 Å². The largest absolute Gasteiger partial charge is 0.364 e. The molecule has 27 heavy (non-hydrogen) atoms. The van der Waals surface area contributed by atoms with Crippen molar-refractivity contribution in [3.05, 3.63) is 48.3 Å². The molecule has 1 aromatic carbocycles. The second-order valence-electron chi connectivity index (χ2n) is 7.55. The van der Waals surface area contributed by atoms with Crippen molar-refractivity contribution in [2.75, 3.05) is 24.3 Å². The van der Waals surface area contributed by atoms with Crippen LogP contribution in [0.1, 0.15) is 31.4 Å².